The third-order valence-corrected chi connectivity index (χ3v) is 2.53. The van der Waals surface area contributed by atoms with Gasteiger partial charge in [0.15, 0.2) is 0 Å². The van der Waals surface area contributed by atoms with E-state index in [-0.39, 0.29) is 5.54 Å². The first kappa shape index (κ1) is 12.8. The molecule has 0 saturated heterocycles. The highest BCUT2D eigenvalue weighted by Crippen LogP contribution is 2.26. The average Bonchev–Trinajstić information content (AvgIpc) is 2.25. The average molecular weight is 223 g/mol. The first-order valence-corrected chi connectivity index (χ1v) is 5.46. The van der Waals surface area contributed by atoms with Gasteiger partial charge in [0.05, 0.1) is 14.2 Å². The summed E-state index contributed by atoms with van der Waals surface area (Å²) in [6.07, 6.45) is 1.81. The fraction of sp³-hybridized carbons (Fsp3) is 0.538. The van der Waals surface area contributed by atoms with Crippen molar-refractivity contribution >= 4 is 0 Å². The number of hydrogen-bond acceptors (Lipinski definition) is 3. The zero-order valence-corrected chi connectivity index (χ0v) is 10.5. The molecule has 90 valence electrons. The largest absolute Gasteiger partial charge is 0.497 e. The fourth-order valence-electron chi connectivity index (χ4n) is 1.53. The van der Waals surface area contributed by atoms with Gasteiger partial charge in [-0.05, 0) is 50.5 Å². The Labute approximate surface area is 97.6 Å². The van der Waals surface area contributed by atoms with Crippen LogP contribution < -0.4 is 15.2 Å². The van der Waals surface area contributed by atoms with Crippen molar-refractivity contribution in [2.45, 2.75) is 32.2 Å². The topological polar surface area (TPSA) is 44.5 Å². The van der Waals surface area contributed by atoms with Crippen LogP contribution in [0.15, 0.2) is 18.2 Å². The van der Waals surface area contributed by atoms with Crippen LogP contribution in [0.2, 0.25) is 0 Å². The minimum absolute atomic E-state index is 0.159. The molecule has 3 heteroatoms. The second-order valence-corrected chi connectivity index (χ2v) is 4.67. The van der Waals surface area contributed by atoms with Crippen molar-refractivity contribution in [1.82, 2.24) is 0 Å². The summed E-state index contributed by atoms with van der Waals surface area (Å²) in [6.45, 7) is 4.05. The third kappa shape index (κ3) is 3.74. The number of methoxy groups -OCH3 is 2. The standard InChI is InChI=1S/C13H21NO2/c1-13(2,14)8-7-10-9-11(15-3)5-6-12(10)16-4/h5-6,9H,7-8,14H2,1-4H3. The Bertz CT molecular complexity index is 342. The van der Waals surface area contributed by atoms with E-state index in [1.54, 1.807) is 14.2 Å². The summed E-state index contributed by atoms with van der Waals surface area (Å²) in [5.74, 6) is 1.75. The molecule has 0 heterocycles. The Kier molecular flexibility index (Phi) is 4.19. The van der Waals surface area contributed by atoms with E-state index in [9.17, 15) is 0 Å². The van der Waals surface area contributed by atoms with Gasteiger partial charge in [0.25, 0.3) is 0 Å². The molecule has 1 rings (SSSR count). The maximum absolute atomic E-state index is 5.97. The molecular formula is C13H21NO2. The molecule has 1 aromatic carbocycles. The lowest BCUT2D eigenvalue weighted by atomic mass is 9.96. The molecule has 0 aromatic heterocycles. The molecule has 0 fully saturated rings. The van der Waals surface area contributed by atoms with E-state index in [0.29, 0.717) is 0 Å². The lowest BCUT2D eigenvalue weighted by molar-refractivity contribution is 0.394. The van der Waals surface area contributed by atoms with Crippen molar-refractivity contribution in [2.75, 3.05) is 14.2 Å². The van der Waals surface area contributed by atoms with Crippen LogP contribution in [0.3, 0.4) is 0 Å². The van der Waals surface area contributed by atoms with E-state index in [0.717, 1.165) is 29.9 Å². The predicted molar refractivity (Wildman–Crippen MR) is 66.1 cm³/mol. The molecule has 0 spiro atoms. The molecule has 0 aliphatic rings. The van der Waals surface area contributed by atoms with E-state index < -0.39 is 0 Å². The molecule has 2 N–H and O–H groups in total. The van der Waals surface area contributed by atoms with Gasteiger partial charge < -0.3 is 15.2 Å². The Morgan fingerprint density at radius 1 is 1.19 bits per heavy atom. The molecule has 0 amide bonds. The molecule has 0 unspecified atom stereocenters. The second kappa shape index (κ2) is 5.21. The van der Waals surface area contributed by atoms with Crippen LogP contribution in [0.1, 0.15) is 25.8 Å². The van der Waals surface area contributed by atoms with Gasteiger partial charge in [-0.1, -0.05) is 0 Å². The Morgan fingerprint density at radius 2 is 1.88 bits per heavy atom. The fourth-order valence-corrected chi connectivity index (χ4v) is 1.53. The number of nitrogens with two attached hydrogens (primary N) is 1. The number of hydrogen-bond donors (Lipinski definition) is 1. The van der Waals surface area contributed by atoms with Gasteiger partial charge in [0.1, 0.15) is 11.5 Å². The van der Waals surface area contributed by atoms with Crippen molar-refractivity contribution in [1.29, 1.82) is 0 Å². The van der Waals surface area contributed by atoms with Crippen molar-refractivity contribution < 1.29 is 9.47 Å². The molecule has 16 heavy (non-hydrogen) atoms. The van der Waals surface area contributed by atoms with Gasteiger partial charge >= 0.3 is 0 Å². The van der Waals surface area contributed by atoms with E-state index >= 15 is 0 Å². The zero-order chi connectivity index (χ0) is 12.2. The lowest BCUT2D eigenvalue weighted by Gasteiger charge is -2.19. The third-order valence-electron chi connectivity index (χ3n) is 2.53. The van der Waals surface area contributed by atoms with E-state index in [4.69, 9.17) is 15.2 Å². The summed E-state index contributed by atoms with van der Waals surface area (Å²) < 4.78 is 10.5. The van der Waals surface area contributed by atoms with Gasteiger partial charge in [-0.15, -0.1) is 0 Å². The van der Waals surface area contributed by atoms with Crippen LogP contribution in [0.5, 0.6) is 11.5 Å². The highest BCUT2D eigenvalue weighted by atomic mass is 16.5. The van der Waals surface area contributed by atoms with Crippen molar-refractivity contribution in [2.24, 2.45) is 5.73 Å². The molecule has 0 aliphatic heterocycles. The smallest absolute Gasteiger partial charge is 0.122 e. The highest BCUT2D eigenvalue weighted by molar-refractivity contribution is 5.40. The zero-order valence-electron chi connectivity index (χ0n) is 10.5. The maximum atomic E-state index is 5.97. The molecule has 0 atom stereocenters. The quantitative estimate of drug-likeness (QED) is 0.833. The van der Waals surface area contributed by atoms with Crippen molar-refractivity contribution in [3.05, 3.63) is 23.8 Å². The van der Waals surface area contributed by atoms with Gasteiger partial charge in [0.2, 0.25) is 0 Å². The molecule has 0 radical (unpaired) electrons. The molecule has 1 aromatic rings. The second-order valence-electron chi connectivity index (χ2n) is 4.67. The molecule has 0 aliphatic carbocycles. The summed E-state index contributed by atoms with van der Waals surface area (Å²) in [6, 6.07) is 5.83. The monoisotopic (exact) mass is 223 g/mol. The summed E-state index contributed by atoms with van der Waals surface area (Å²) in [5.41, 5.74) is 6.95. The van der Waals surface area contributed by atoms with Crippen LogP contribution >= 0.6 is 0 Å². The number of ether oxygens (including phenoxy) is 2. The van der Waals surface area contributed by atoms with Crippen molar-refractivity contribution in [3.8, 4) is 11.5 Å². The molecule has 0 saturated carbocycles. The minimum atomic E-state index is -0.159. The molecule has 0 bridgehead atoms. The number of aryl methyl sites for hydroxylation is 1. The van der Waals surface area contributed by atoms with Crippen LogP contribution in [-0.2, 0) is 6.42 Å². The van der Waals surface area contributed by atoms with Gasteiger partial charge in [-0.3, -0.25) is 0 Å². The summed E-state index contributed by atoms with van der Waals surface area (Å²) >= 11 is 0. The lowest BCUT2D eigenvalue weighted by Crippen LogP contribution is -2.32. The SMILES string of the molecule is COc1ccc(OC)c(CCC(C)(C)N)c1. The van der Waals surface area contributed by atoms with Crippen LogP contribution in [0.4, 0.5) is 0 Å². The van der Waals surface area contributed by atoms with Gasteiger partial charge in [0, 0.05) is 5.54 Å². The summed E-state index contributed by atoms with van der Waals surface area (Å²) in [7, 11) is 3.34. The van der Waals surface area contributed by atoms with E-state index in [1.165, 1.54) is 0 Å². The normalized spacial score (nSPS) is 11.3. The Morgan fingerprint density at radius 3 is 2.38 bits per heavy atom. The van der Waals surface area contributed by atoms with Crippen LogP contribution in [-0.4, -0.2) is 19.8 Å². The first-order chi connectivity index (χ1) is 7.46. The first-order valence-electron chi connectivity index (χ1n) is 5.46. The number of rotatable bonds is 5. The van der Waals surface area contributed by atoms with E-state index in [2.05, 4.69) is 0 Å². The van der Waals surface area contributed by atoms with Gasteiger partial charge in [-0.2, -0.15) is 0 Å². The summed E-state index contributed by atoms with van der Waals surface area (Å²) in [4.78, 5) is 0. The van der Waals surface area contributed by atoms with Crippen LogP contribution in [0.25, 0.3) is 0 Å². The Balaban J connectivity index is 2.83. The Hall–Kier alpha value is -1.22. The minimum Gasteiger partial charge on any atom is -0.497 e. The van der Waals surface area contributed by atoms with Crippen LogP contribution in [0, 0.1) is 0 Å². The number of benzene rings is 1. The maximum Gasteiger partial charge on any atom is 0.122 e. The van der Waals surface area contributed by atoms with E-state index in [1.807, 2.05) is 32.0 Å². The predicted octanol–water partition coefficient (Wildman–Crippen LogP) is 2.37. The molecule has 3 nitrogen and oxygen atoms in total. The summed E-state index contributed by atoms with van der Waals surface area (Å²) in [5, 5.41) is 0. The molecular weight excluding hydrogens is 202 g/mol. The van der Waals surface area contributed by atoms with Gasteiger partial charge in [-0.25, -0.2) is 0 Å². The highest BCUT2D eigenvalue weighted by Gasteiger charge is 2.13. The van der Waals surface area contributed by atoms with Crippen molar-refractivity contribution in [3.63, 3.8) is 0 Å².